The average Bonchev–Trinajstić information content (AvgIpc) is 2.98. The molecule has 4 rings (SSSR count). The van der Waals surface area contributed by atoms with E-state index >= 15 is 0 Å². The van der Waals surface area contributed by atoms with Crippen LogP contribution < -0.4 is 5.32 Å². The van der Waals surface area contributed by atoms with E-state index in [4.69, 9.17) is 0 Å². The van der Waals surface area contributed by atoms with Crippen LogP contribution in [0, 0.1) is 5.82 Å². The van der Waals surface area contributed by atoms with Gasteiger partial charge in [0.05, 0.1) is 16.8 Å². The van der Waals surface area contributed by atoms with E-state index in [0.717, 1.165) is 10.9 Å². The summed E-state index contributed by atoms with van der Waals surface area (Å²) in [6.07, 6.45) is 3.26. The zero-order chi connectivity index (χ0) is 15.8. The number of rotatable bonds is 2. The van der Waals surface area contributed by atoms with Crippen molar-refractivity contribution in [3.05, 3.63) is 72.3 Å². The topological polar surface area (TPSA) is 57.8 Å². The monoisotopic (exact) mass is 305 g/mol. The molecular formula is C18H12FN3O. The van der Waals surface area contributed by atoms with Crippen molar-refractivity contribution >= 4 is 33.4 Å². The number of H-pyrrole nitrogens is 1. The molecule has 0 bridgehead atoms. The van der Waals surface area contributed by atoms with E-state index in [9.17, 15) is 9.18 Å². The van der Waals surface area contributed by atoms with E-state index in [1.165, 1.54) is 12.1 Å². The number of carbonyl (C=O) groups is 1. The summed E-state index contributed by atoms with van der Waals surface area (Å²) in [5.41, 5.74) is 2.45. The molecule has 0 saturated carbocycles. The number of nitrogens with one attached hydrogen (secondary N) is 2. The van der Waals surface area contributed by atoms with E-state index in [1.54, 1.807) is 24.5 Å². The van der Waals surface area contributed by atoms with Gasteiger partial charge >= 0.3 is 0 Å². The van der Waals surface area contributed by atoms with Crippen molar-refractivity contribution in [2.75, 3.05) is 5.32 Å². The minimum atomic E-state index is -0.377. The van der Waals surface area contributed by atoms with E-state index in [1.807, 2.05) is 24.3 Å². The molecule has 0 aliphatic carbocycles. The Labute approximate surface area is 131 Å². The van der Waals surface area contributed by atoms with Crippen LogP contribution in [-0.4, -0.2) is 15.9 Å². The Balaban J connectivity index is 1.75. The number of amides is 1. The lowest BCUT2D eigenvalue weighted by Crippen LogP contribution is -2.12. The molecule has 0 unspecified atom stereocenters. The smallest absolute Gasteiger partial charge is 0.257 e. The highest BCUT2D eigenvalue weighted by Gasteiger charge is 2.14. The zero-order valence-electron chi connectivity index (χ0n) is 12.0. The molecule has 5 heteroatoms. The number of para-hydroxylation sites is 1. The minimum absolute atomic E-state index is 0.306. The lowest BCUT2D eigenvalue weighted by molar-refractivity contribution is 0.102. The van der Waals surface area contributed by atoms with Crippen LogP contribution in [-0.2, 0) is 0 Å². The summed E-state index contributed by atoms with van der Waals surface area (Å²) in [5, 5.41) is 4.35. The molecule has 4 aromatic rings. The third kappa shape index (κ3) is 2.32. The Morgan fingerprint density at radius 1 is 1.13 bits per heavy atom. The molecule has 2 aromatic heterocycles. The van der Waals surface area contributed by atoms with Crippen molar-refractivity contribution in [3.8, 4) is 0 Å². The number of halogens is 1. The number of hydrogen-bond donors (Lipinski definition) is 2. The standard InChI is InChI=1S/C18H12FN3O/c19-12-6-7-15-13(9-12)14(10-21-15)18(23)22-16-5-1-3-11-4-2-8-20-17(11)16/h1-10,21H,(H,22,23). The average molecular weight is 305 g/mol. The van der Waals surface area contributed by atoms with Crippen molar-refractivity contribution in [3.63, 3.8) is 0 Å². The van der Waals surface area contributed by atoms with E-state index in [2.05, 4.69) is 15.3 Å². The number of anilines is 1. The van der Waals surface area contributed by atoms with Crippen LogP contribution in [0.15, 0.2) is 60.9 Å². The fourth-order valence-corrected chi connectivity index (χ4v) is 2.68. The van der Waals surface area contributed by atoms with Gasteiger partial charge in [-0.2, -0.15) is 0 Å². The molecule has 0 fully saturated rings. The van der Waals surface area contributed by atoms with Crippen molar-refractivity contribution in [1.29, 1.82) is 0 Å². The van der Waals surface area contributed by atoms with Gasteiger partial charge in [-0.05, 0) is 30.3 Å². The van der Waals surface area contributed by atoms with Gasteiger partial charge in [0.1, 0.15) is 5.82 Å². The summed E-state index contributed by atoms with van der Waals surface area (Å²) in [5.74, 6) is -0.682. The summed E-state index contributed by atoms with van der Waals surface area (Å²) in [6, 6.07) is 13.7. The normalized spacial score (nSPS) is 11.0. The molecule has 4 nitrogen and oxygen atoms in total. The Hall–Kier alpha value is -3.21. The number of nitrogens with zero attached hydrogens (tertiary/aromatic N) is 1. The van der Waals surface area contributed by atoms with Gasteiger partial charge in [0, 0.05) is 28.7 Å². The van der Waals surface area contributed by atoms with E-state index < -0.39 is 0 Å². The van der Waals surface area contributed by atoms with Crippen molar-refractivity contribution in [1.82, 2.24) is 9.97 Å². The van der Waals surface area contributed by atoms with E-state index in [0.29, 0.717) is 22.2 Å². The fourth-order valence-electron chi connectivity index (χ4n) is 2.68. The van der Waals surface area contributed by atoms with Gasteiger partial charge in [0.2, 0.25) is 0 Å². The molecule has 112 valence electrons. The highest BCUT2D eigenvalue weighted by molar-refractivity contribution is 6.14. The Morgan fingerprint density at radius 2 is 2.00 bits per heavy atom. The second-order valence-corrected chi connectivity index (χ2v) is 5.23. The highest BCUT2D eigenvalue weighted by Crippen LogP contribution is 2.24. The van der Waals surface area contributed by atoms with Crippen molar-refractivity contribution in [2.24, 2.45) is 0 Å². The summed E-state index contributed by atoms with van der Waals surface area (Å²) in [4.78, 5) is 19.8. The number of hydrogen-bond acceptors (Lipinski definition) is 2. The van der Waals surface area contributed by atoms with Crippen LogP contribution in [0.1, 0.15) is 10.4 Å². The first kappa shape index (κ1) is 13.5. The summed E-state index contributed by atoms with van der Waals surface area (Å²) in [7, 11) is 0. The zero-order valence-corrected chi connectivity index (χ0v) is 12.0. The van der Waals surface area contributed by atoms with Gasteiger partial charge in [-0.15, -0.1) is 0 Å². The molecule has 0 radical (unpaired) electrons. The third-order valence-electron chi connectivity index (χ3n) is 3.77. The SMILES string of the molecule is O=C(Nc1cccc2cccnc12)c1c[nH]c2ccc(F)cc12. The van der Waals surface area contributed by atoms with Gasteiger partial charge in [-0.3, -0.25) is 9.78 Å². The number of aromatic amines is 1. The Morgan fingerprint density at radius 3 is 2.91 bits per heavy atom. The number of carbonyl (C=O) groups excluding carboxylic acids is 1. The van der Waals surface area contributed by atoms with Crippen molar-refractivity contribution in [2.45, 2.75) is 0 Å². The Bertz CT molecular complexity index is 1030. The predicted octanol–water partition coefficient (Wildman–Crippen LogP) is 4.11. The largest absolute Gasteiger partial charge is 0.360 e. The molecule has 23 heavy (non-hydrogen) atoms. The van der Waals surface area contributed by atoms with Crippen LogP contribution in [0.25, 0.3) is 21.8 Å². The molecule has 2 aromatic carbocycles. The predicted molar refractivity (Wildman–Crippen MR) is 88.0 cm³/mol. The first-order valence-corrected chi connectivity index (χ1v) is 7.14. The minimum Gasteiger partial charge on any atom is -0.360 e. The summed E-state index contributed by atoms with van der Waals surface area (Å²) >= 11 is 0. The van der Waals surface area contributed by atoms with Crippen LogP contribution in [0.5, 0.6) is 0 Å². The maximum atomic E-state index is 13.4. The molecule has 2 N–H and O–H groups in total. The van der Waals surface area contributed by atoms with Crippen molar-refractivity contribution < 1.29 is 9.18 Å². The first-order valence-electron chi connectivity index (χ1n) is 7.14. The first-order chi connectivity index (χ1) is 11.2. The molecule has 1 amide bonds. The van der Waals surface area contributed by atoms with Gasteiger partial charge in [-0.25, -0.2) is 4.39 Å². The quantitative estimate of drug-likeness (QED) is 0.585. The fraction of sp³-hybridized carbons (Fsp3) is 0. The highest BCUT2D eigenvalue weighted by atomic mass is 19.1. The molecule has 0 spiro atoms. The second-order valence-electron chi connectivity index (χ2n) is 5.23. The van der Waals surface area contributed by atoms with E-state index in [-0.39, 0.29) is 11.7 Å². The molecule has 2 heterocycles. The maximum Gasteiger partial charge on any atom is 0.257 e. The molecule has 0 aliphatic rings. The Kier molecular flexibility index (Phi) is 3.05. The number of pyridine rings is 1. The maximum absolute atomic E-state index is 13.4. The third-order valence-corrected chi connectivity index (χ3v) is 3.77. The lowest BCUT2D eigenvalue weighted by atomic mass is 10.1. The van der Waals surface area contributed by atoms with Crippen LogP contribution in [0.2, 0.25) is 0 Å². The van der Waals surface area contributed by atoms with Crippen LogP contribution in [0.4, 0.5) is 10.1 Å². The van der Waals surface area contributed by atoms with Crippen LogP contribution in [0.3, 0.4) is 0 Å². The van der Waals surface area contributed by atoms with Crippen LogP contribution >= 0.6 is 0 Å². The lowest BCUT2D eigenvalue weighted by Gasteiger charge is -2.07. The number of fused-ring (bicyclic) bond motifs is 2. The number of benzene rings is 2. The summed E-state index contributed by atoms with van der Waals surface area (Å²) < 4.78 is 13.4. The molecular weight excluding hydrogens is 293 g/mol. The molecule has 0 aliphatic heterocycles. The van der Waals surface area contributed by atoms with Gasteiger partial charge in [0.25, 0.3) is 5.91 Å². The second kappa shape index (κ2) is 5.21. The van der Waals surface area contributed by atoms with Gasteiger partial charge in [0.15, 0.2) is 0 Å². The summed E-state index contributed by atoms with van der Waals surface area (Å²) in [6.45, 7) is 0. The molecule has 0 atom stereocenters. The number of aromatic nitrogens is 2. The van der Waals surface area contributed by atoms with Gasteiger partial charge < -0.3 is 10.3 Å². The van der Waals surface area contributed by atoms with Gasteiger partial charge in [-0.1, -0.05) is 18.2 Å². The molecule has 0 saturated heterocycles.